The average molecular weight is 313 g/mol. The van der Waals surface area contributed by atoms with Crippen LogP contribution >= 0.6 is 0 Å². The number of aromatic nitrogens is 4. The molecule has 118 valence electrons. The molecule has 3 aromatic rings. The van der Waals surface area contributed by atoms with E-state index in [2.05, 4.69) is 9.97 Å². The van der Waals surface area contributed by atoms with E-state index in [9.17, 15) is 9.18 Å². The Labute approximate surface area is 132 Å². The lowest BCUT2D eigenvalue weighted by molar-refractivity contribution is 0.0996. The maximum absolute atomic E-state index is 13.2. The van der Waals surface area contributed by atoms with Crippen molar-refractivity contribution in [2.24, 2.45) is 5.73 Å². The molecular formula is C16H16FN5O. The number of carbonyl (C=O) groups is 1. The minimum Gasteiger partial charge on any atom is -0.364 e. The monoisotopic (exact) mass is 313 g/mol. The quantitative estimate of drug-likeness (QED) is 0.804. The van der Waals surface area contributed by atoms with Gasteiger partial charge < -0.3 is 10.3 Å². The highest BCUT2D eigenvalue weighted by Crippen LogP contribution is 2.25. The number of nitrogens with zero attached hydrogens (tertiary/aromatic N) is 4. The van der Waals surface area contributed by atoms with E-state index in [4.69, 9.17) is 5.73 Å². The highest BCUT2D eigenvalue weighted by Gasteiger charge is 2.18. The molecule has 0 spiro atoms. The molecule has 0 saturated carbocycles. The molecule has 0 radical (unpaired) electrons. The lowest BCUT2D eigenvalue weighted by atomic mass is 10.3. The molecule has 0 aliphatic carbocycles. The van der Waals surface area contributed by atoms with Crippen molar-refractivity contribution in [1.82, 2.24) is 19.1 Å². The van der Waals surface area contributed by atoms with Gasteiger partial charge >= 0.3 is 0 Å². The maximum Gasteiger partial charge on any atom is 0.268 e. The van der Waals surface area contributed by atoms with Gasteiger partial charge in [-0.15, -0.1) is 0 Å². The second-order valence-electron chi connectivity index (χ2n) is 5.44. The van der Waals surface area contributed by atoms with Gasteiger partial charge in [0.25, 0.3) is 5.91 Å². The molecule has 0 atom stereocenters. The summed E-state index contributed by atoms with van der Waals surface area (Å²) in [5.41, 5.74) is 6.92. The second kappa shape index (κ2) is 5.68. The molecule has 1 amide bonds. The van der Waals surface area contributed by atoms with Crippen molar-refractivity contribution in [2.75, 3.05) is 0 Å². The number of carbonyl (C=O) groups excluding carboxylic acids is 1. The highest BCUT2D eigenvalue weighted by atomic mass is 19.1. The largest absolute Gasteiger partial charge is 0.364 e. The van der Waals surface area contributed by atoms with Crippen molar-refractivity contribution < 1.29 is 9.18 Å². The highest BCUT2D eigenvalue weighted by molar-refractivity contribution is 5.91. The number of primary amides is 1. The Morgan fingerprint density at radius 1 is 1.26 bits per heavy atom. The molecule has 23 heavy (non-hydrogen) atoms. The van der Waals surface area contributed by atoms with Gasteiger partial charge in [-0.25, -0.2) is 14.4 Å². The van der Waals surface area contributed by atoms with Gasteiger partial charge in [0.1, 0.15) is 17.2 Å². The zero-order chi connectivity index (χ0) is 16.6. The third kappa shape index (κ3) is 2.73. The van der Waals surface area contributed by atoms with E-state index >= 15 is 0 Å². The molecule has 6 nitrogen and oxygen atoms in total. The number of rotatable bonds is 4. The SMILES string of the molecule is CC(C)n1cncc1-c1nc(C(N)=O)cn1-c1ccc(F)cc1. The first-order valence-electron chi connectivity index (χ1n) is 7.14. The molecule has 2 aromatic heterocycles. The first-order valence-corrected chi connectivity index (χ1v) is 7.14. The van der Waals surface area contributed by atoms with Crippen LogP contribution in [0.2, 0.25) is 0 Å². The molecule has 0 bridgehead atoms. The summed E-state index contributed by atoms with van der Waals surface area (Å²) in [4.78, 5) is 20.0. The molecule has 7 heteroatoms. The Morgan fingerprint density at radius 3 is 2.57 bits per heavy atom. The predicted octanol–water partition coefficient (Wildman–Crippen LogP) is 2.55. The lowest BCUT2D eigenvalue weighted by Gasteiger charge is -2.13. The van der Waals surface area contributed by atoms with Crippen molar-refractivity contribution >= 4 is 5.91 Å². The number of imidazole rings is 2. The number of benzene rings is 1. The number of amides is 1. The van der Waals surface area contributed by atoms with Gasteiger partial charge in [-0.05, 0) is 38.1 Å². The van der Waals surface area contributed by atoms with Gasteiger partial charge in [0.15, 0.2) is 5.82 Å². The normalized spacial score (nSPS) is 11.1. The summed E-state index contributed by atoms with van der Waals surface area (Å²) in [6.07, 6.45) is 4.92. The molecule has 2 heterocycles. The molecule has 0 unspecified atom stereocenters. The molecule has 0 fully saturated rings. The van der Waals surface area contributed by atoms with Crippen molar-refractivity contribution in [1.29, 1.82) is 0 Å². The second-order valence-corrected chi connectivity index (χ2v) is 5.44. The van der Waals surface area contributed by atoms with Crippen LogP contribution in [0.5, 0.6) is 0 Å². The Kier molecular flexibility index (Phi) is 3.69. The standard InChI is InChI=1S/C16H16FN5O/c1-10(2)22-9-19-7-14(22)16-20-13(15(18)23)8-21(16)12-5-3-11(17)4-6-12/h3-10H,1-2H3,(H2,18,23). The average Bonchev–Trinajstić information content (AvgIpc) is 3.14. The smallest absolute Gasteiger partial charge is 0.268 e. The predicted molar refractivity (Wildman–Crippen MR) is 83.6 cm³/mol. The number of halogens is 1. The van der Waals surface area contributed by atoms with Crippen LogP contribution in [0.25, 0.3) is 17.2 Å². The van der Waals surface area contributed by atoms with E-state index in [1.807, 2.05) is 18.4 Å². The summed E-state index contributed by atoms with van der Waals surface area (Å²) >= 11 is 0. The van der Waals surface area contributed by atoms with E-state index in [0.717, 1.165) is 5.69 Å². The Hall–Kier alpha value is -2.96. The minimum atomic E-state index is -0.622. The van der Waals surface area contributed by atoms with E-state index in [1.165, 1.54) is 12.1 Å². The third-order valence-electron chi connectivity index (χ3n) is 3.51. The van der Waals surface area contributed by atoms with E-state index in [0.29, 0.717) is 11.5 Å². The fraction of sp³-hybridized carbons (Fsp3) is 0.188. The van der Waals surface area contributed by atoms with Crippen LogP contribution in [0.3, 0.4) is 0 Å². The van der Waals surface area contributed by atoms with Crippen molar-refractivity contribution in [3.05, 3.63) is 54.5 Å². The fourth-order valence-corrected chi connectivity index (χ4v) is 2.37. The van der Waals surface area contributed by atoms with Crippen molar-refractivity contribution in [3.63, 3.8) is 0 Å². The third-order valence-corrected chi connectivity index (χ3v) is 3.51. The van der Waals surface area contributed by atoms with Gasteiger partial charge in [-0.2, -0.15) is 0 Å². The van der Waals surface area contributed by atoms with Gasteiger partial charge in [0, 0.05) is 17.9 Å². The van der Waals surface area contributed by atoms with Crippen LogP contribution in [-0.2, 0) is 0 Å². The topological polar surface area (TPSA) is 78.7 Å². The van der Waals surface area contributed by atoms with Crippen LogP contribution < -0.4 is 5.73 Å². The van der Waals surface area contributed by atoms with Crippen LogP contribution in [0.15, 0.2) is 43.0 Å². The summed E-state index contributed by atoms with van der Waals surface area (Å²) in [6.45, 7) is 4.04. The molecule has 0 aliphatic rings. The molecule has 3 rings (SSSR count). The Morgan fingerprint density at radius 2 is 1.96 bits per heavy atom. The van der Waals surface area contributed by atoms with Crippen LogP contribution in [-0.4, -0.2) is 25.0 Å². The van der Waals surface area contributed by atoms with Crippen molar-refractivity contribution in [2.45, 2.75) is 19.9 Å². The first kappa shape index (κ1) is 15.0. The van der Waals surface area contributed by atoms with Crippen LogP contribution in [0.4, 0.5) is 4.39 Å². The zero-order valence-electron chi connectivity index (χ0n) is 12.8. The lowest BCUT2D eigenvalue weighted by Crippen LogP contribution is -2.11. The summed E-state index contributed by atoms with van der Waals surface area (Å²) in [5.74, 6) is -0.433. The fourth-order valence-electron chi connectivity index (χ4n) is 2.37. The Balaban J connectivity index is 2.21. The van der Waals surface area contributed by atoms with Gasteiger partial charge in [0.2, 0.25) is 0 Å². The molecule has 2 N–H and O–H groups in total. The van der Waals surface area contributed by atoms with Gasteiger partial charge in [0.05, 0.1) is 12.5 Å². The molecule has 0 saturated heterocycles. The number of hydrogen-bond acceptors (Lipinski definition) is 3. The van der Waals surface area contributed by atoms with E-state index < -0.39 is 5.91 Å². The molecular weight excluding hydrogens is 297 g/mol. The summed E-state index contributed by atoms with van der Waals surface area (Å²) < 4.78 is 16.8. The molecule has 0 aliphatic heterocycles. The number of nitrogens with two attached hydrogens (primary N) is 1. The van der Waals surface area contributed by atoms with Crippen molar-refractivity contribution in [3.8, 4) is 17.2 Å². The van der Waals surface area contributed by atoms with Crippen LogP contribution in [0.1, 0.15) is 30.4 Å². The van der Waals surface area contributed by atoms with Gasteiger partial charge in [-0.1, -0.05) is 0 Å². The minimum absolute atomic E-state index is 0.140. The molecule has 1 aromatic carbocycles. The summed E-state index contributed by atoms with van der Waals surface area (Å²) in [5, 5.41) is 0. The van der Waals surface area contributed by atoms with E-state index in [1.54, 1.807) is 35.4 Å². The zero-order valence-corrected chi connectivity index (χ0v) is 12.8. The first-order chi connectivity index (χ1) is 11.0. The Bertz CT molecular complexity index is 848. The van der Waals surface area contributed by atoms with Crippen LogP contribution in [0, 0.1) is 5.82 Å². The maximum atomic E-state index is 13.2. The van der Waals surface area contributed by atoms with Gasteiger partial charge in [-0.3, -0.25) is 9.36 Å². The van der Waals surface area contributed by atoms with E-state index in [-0.39, 0.29) is 17.6 Å². The summed E-state index contributed by atoms with van der Waals surface area (Å²) in [7, 11) is 0. The number of hydrogen-bond donors (Lipinski definition) is 1. The summed E-state index contributed by atoms with van der Waals surface area (Å²) in [6, 6.07) is 6.09.